The van der Waals surface area contributed by atoms with Crippen molar-refractivity contribution in [1.29, 1.82) is 0 Å². The summed E-state index contributed by atoms with van der Waals surface area (Å²) in [5, 5.41) is 10.1. The molecule has 2 rings (SSSR count). The van der Waals surface area contributed by atoms with Crippen molar-refractivity contribution in [2.45, 2.75) is 19.6 Å². The molecule has 0 amide bonds. The summed E-state index contributed by atoms with van der Waals surface area (Å²) in [6, 6.07) is 9.52. The van der Waals surface area contributed by atoms with Crippen LogP contribution >= 0.6 is 11.6 Å². The molecule has 3 nitrogen and oxygen atoms in total. The van der Waals surface area contributed by atoms with Crippen molar-refractivity contribution in [1.82, 2.24) is 0 Å². The highest BCUT2D eigenvalue weighted by Crippen LogP contribution is 2.30. The Labute approximate surface area is 127 Å². The number of benzene rings is 2. The second kappa shape index (κ2) is 6.78. The lowest BCUT2D eigenvalue weighted by Crippen LogP contribution is -2.03. The molecule has 0 heterocycles. The number of rotatable bonds is 5. The first-order valence-electron chi connectivity index (χ1n) is 6.44. The Hall–Kier alpha value is -1.78. The average molecular weight is 311 g/mol. The van der Waals surface area contributed by atoms with Crippen LogP contribution in [0.3, 0.4) is 0 Å². The van der Waals surface area contributed by atoms with Crippen molar-refractivity contribution in [2.75, 3.05) is 7.11 Å². The van der Waals surface area contributed by atoms with Crippen LogP contribution < -0.4 is 9.47 Å². The molecule has 0 saturated carbocycles. The molecular weight excluding hydrogens is 295 g/mol. The third-order valence-corrected chi connectivity index (χ3v) is 3.30. The molecule has 0 aliphatic heterocycles. The van der Waals surface area contributed by atoms with Crippen molar-refractivity contribution in [3.8, 4) is 11.5 Å². The van der Waals surface area contributed by atoms with Crippen LogP contribution in [0, 0.1) is 5.82 Å². The number of hydrogen-bond donors (Lipinski definition) is 1. The third kappa shape index (κ3) is 3.86. The van der Waals surface area contributed by atoms with E-state index < -0.39 is 11.9 Å². The normalized spacial score (nSPS) is 12.0. The molecule has 0 fully saturated rings. The minimum Gasteiger partial charge on any atom is -0.497 e. The van der Waals surface area contributed by atoms with E-state index in [0.29, 0.717) is 27.6 Å². The van der Waals surface area contributed by atoms with Gasteiger partial charge in [-0.15, -0.1) is 0 Å². The van der Waals surface area contributed by atoms with E-state index in [0.717, 1.165) is 0 Å². The van der Waals surface area contributed by atoms with Gasteiger partial charge in [0.2, 0.25) is 0 Å². The lowest BCUT2D eigenvalue weighted by atomic mass is 10.1. The van der Waals surface area contributed by atoms with Gasteiger partial charge in [-0.3, -0.25) is 0 Å². The van der Waals surface area contributed by atoms with Gasteiger partial charge >= 0.3 is 0 Å². The molecule has 0 saturated heterocycles. The minimum atomic E-state index is -0.694. The minimum absolute atomic E-state index is 0.0376. The van der Waals surface area contributed by atoms with Crippen LogP contribution in [0.25, 0.3) is 0 Å². The van der Waals surface area contributed by atoms with Crippen molar-refractivity contribution < 1.29 is 19.0 Å². The Morgan fingerprint density at radius 2 is 2.00 bits per heavy atom. The Bertz CT molecular complexity index is 629. The molecule has 5 heteroatoms. The summed E-state index contributed by atoms with van der Waals surface area (Å²) in [5.74, 6) is 0.633. The summed E-state index contributed by atoms with van der Waals surface area (Å²) in [6.45, 7) is 1.67. The number of aliphatic hydroxyl groups is 1. The highest BCUT2D eigenvalue weighted by Gasteiger charge is 2.12. The molecule has 0 radical (unpaired) electrons. The first kappa shape index (κ1) is 15.6. The first-order valence-corrected chi connectivity index (χ1v) is 6.81. The lowest BCUT2D eigenvalue weighted by Gasteiger charge is -2.15. The molecule has 0 bridgehead atoms. The zero-order valence-corrected chi connectivity index (χ0v) is 12.5. The van der Waals surface area contributed by atoms with Crippen LogP contribution in [0.4, 0.5) is 4.39 Å². The van der Waals surface area contributed by atoms with Crippen molar-refractivity contribution >= 4 is 11.6 Å². The largest absolute Gasteiger partial charge is 0.497 e. The zero-order valence-electron chi connectivity index (χ0n) is 11.8. The van der Waals surface area contributed by atoms with Gasteiger partial charge in [0.15, 0.2) is 0 Å². The fourth-order valence-electron chi connectivity index (χ4n) is 1.91. The van der Waals surface area contributed by atoms with E-state index in [-0.39, 0.29) is 6.61 Å². The van der Waals surface area contributed by atoms with Gasteiger partial charge in [-0.1, -0.05) is 17.7 Å². The third-order valence-electron chi connectivity index (χ3n) is 3.07. The summed E-state index contributed by atoms with van der Waals surface area (Å²) in [7, 11) is 1.54. The molecule has 2 aromatic rings. The molecule has 112 valence electrons. The van der Waals surface area contributed by atoms with Gasteiger partial charge in [-0.05, 0) is 31.2 Å². The first-order chi connectivity index (χ1) is 10.0. The second-order valence-electron chi connectivity index (χ2n) is 4.60. The Morgan fingerprint density at radius 1 is 1.24 bits per heavy atom. The van der Waals surface area contributed by atoms with E-state index in [2.05, 4.69) is 0 Å². The van der Waals surface area contributed by atoms with E-state index in [1.807, 2.05) is 0 Å². The molecule has 1 atom stereocenters. The quantitative estimate of drug-likeness (QED) is 0.903. The van der Waals surface area contributed by atoms with Gasteiger partial charge < -0.3 is 14.6 Å². The van der Waals surface area contributed by atoms with E-state index in [1.54, 1.807) is 44.4 Å². The SMILES string of the molecule is COc1ccc([C@@H](C)O)c(OCc2ccc(Cl)cc2F)c1. The maximum atomic E-state index is 13.7. The molecular formula is C16H16ClFO3. The topological polar surface area (TPSA) is 38.7 Å². The summed E-state index contributed by atoms with van der Waals surface area (Å²) < 4.78 is 24.5. The van der Waals surface area contributed by atoms with Crippen molar-refractivity contribution in [3.05, 3.63) is 58.4 Å². The lowest BCUT2D eigenvalue weighted by molar-refractivity contribution is 0.189. The Morgan fingerprint density at radius 3 is 2.62 bits per heavy atom. The van der Waals surface area contributed by atoms with Gasteiger partial charge in [0.25, 0.3) is 0 Å². The second-order valence-corrected chi connectivity index (χ2v) is 5.04. The molecule has 0 aromatic heterocycles. The van der Waals surface area contributed by atoms with Gasteiger partial charge in [-0.2, -0.15) is 0 Å². The molecule has 1 N–H and O–H groups in total. The van der Waals surface area contributed by atoms with Crippen LogP contribution in [0.5, 0.6) is 11.5 Å². The molecule has 2 aromatic carbocycles. The molecule has 0 spiro atoms. The van der Waals surface area contributed by atoms with Crippen molar-refractivity contribution in [3.63, 3.8) is 0 Å². The fourth-order valence-corrected chi connectivity index (χ4v) is 2.06. The predicted octanol–water partition coefficient (Wildman–Crippen LogP) is 4.12. The smallest absolute Gasteiger partial charge is 0.131 e. The summed E-state index contributed by atoms with van der Waals surface area (Å²) in [4.78, 5) is 0. The van der Waals surface area contributed by atoms with E-state index in [1.165, 1.54) is 6.07 Å². The maximum Gasteiger partial charge on any atom is 0.131 e. The maximum absolute atomic E-state index is 13.7. The summed E-state index contributed by atoms with van der Waals surface area (Å²) in [5.41, 5.74) is 1.00. The molecule has 0 aliphatic carbocycles. The summed E-state index contributed by atoms with van der Waals surface area (Å²) >= 11 is 5.71. The van der Waals surface area contributed by atoms with Gasteiger partial charge in [0, 0.05) is 22.2 Å². The van der Waals surface area contributed by atoms with Crippen LogP contribution in [0.15, 0.2) is 36.4 Å². The molecule has 21 heavy (non-hydrogen) atoms. The van der Waals surface area contributed by atoms with E-state index in [9.17, 15) is 9.50 Å². The van der Waals surface area contributed by atoms with E-state index in [4.69, 9.17) is 21.1 Å². The van der Waals surface area contributed by atoms with Crippen LogP contribution in [-0.2, 0) is 6.61 Å². The van der Waals surface area contributed by atoms with Crippen LogP contribution in [0.2, 0.25) is 5.02 Å². The van der Waals surface area contributed by atoms with Gasteiger partial charge in [0.05, 0.1) is 13.2 Å². The standard InChI is InChI=1S/C16H16ClFO3/c1-10(19)14-6-5-13(20-2)8-16(14)21-9-11-3-4-12(17)7-15(11)18/h3-8,10,19H,9H2,1-2H3/t10-/m1/s1. The fraction of sp³-hybridized carbons (Fsp3) is 0.250. The highest BCUT2D eigenvalue weighted by atomic mass is 35.5. The highest BCUT2D eigenvalue weighted by molar-refractivity contribution is 6.30. The average Bonchev–Trinajstić information content (AvgIpc) is 2.45. The summed E-state index contributed by atoms with van der Waals surface area (Å²) in [6.07, 6.45) is -0.694. The number of aliphatic hydroxyl groups excluding tert-OH is 1. The predicted molar refractivity (Wildman–Crippen MR) is 79.4 cm³/mol. The van der Waals surface area contributed by atoms with Crippen molar-refractivity contribution in [2.24, 2.45) is 0 Å². The Balaban J connectivity index is 2.22. The van der Waals surface area contributed by atoms with Crippen LogP contribution in [-0.4, -0.2) is 12.2 Å². The van der Waals surface area contributed by atoms with Gasteiger partial charge in [0.1, 0.15) is 23.9 Å². The van der Waals surface area contributed by atoms with Gasteiger partial charge in [-0.25, -0.2) is 4.39 Å². The molecule has 0 aliphatic rings. The molecule has 0 unspecified atom stereocenters. The monoisotopic (exact) mass is 310 g/mol. The number of methoxy groups -OCH3 is 1. The number of hydrogen-bond acceptors (Lipinski definition) is 3. The van der Waals surface area contributed by atoms with E-state index >= 15 is 0 Å². The number of halogens is 2. The van der Waals surface area contributed by atoms with Crippen LogP contribution in [0.1, 0.15) is 24.2 Å². The zero-order chi connectivity index (χ0) is 15.4. The Kier molecular flexibility index (Phi) is 5.04. The number of ether oxygens (including phenoxy) is 2.